The lowest BCUT2D eigenvalue weighted by atomic mass is 10.00. The van der Waals surface area contributed by atoms with E-state index in [0.29, 0.717) is 0 Å². The van der Waals surface area contributed by atoms with Gasteiger partial charge in [-0.15, -0.1) is 0 Å². The maximum Gasteiger partial charge on any atom is 0.249 e. The van der Waals surface area contributed by atoms with Crippen LogP contribution in [0.5, 0.6) is 0 Å². The van der Waals surface area contributed by atoms with E-state index >= 15 is 0 Å². The number of aryl methyl sites for hydroxylation is 3. The van der Waals surface area contributed by atoms with Gasteiger partial charge in [0.05, 0.1) is 0 Å². The molecule has 0 radical (unpaired) electrons. The number of imidazole rings is 1. The molecule has 0 aliphatic rings. The van der Waals surface area contributed by atoms with E-state index in [9.17, 15) is 0 Å². The highest BCUT2D eigenvalue weighted by molar-refractivity contribution is 5.37. The van der Waals surface area contributed by atoms with E-state index in [1.54, 1.807) is 0 Å². The molecule has 0 aliphatic carbocycles. The van der Waals surface area contributed by atoms with Crippen molar-refractivity contribution in [2.45, 2.75) is 41.2 Å². The zero-order valence-corrected chi connectivity index (χ0v) is 14.7. The van der Waals surface area contributed by atoms with Crippen molar-refractivity contribution in [2.75, 3.05) is 0 Å². The molecule has 0 aliphatic heterocycles. The van der Waals surface area contributed by atoms with Crippen LogP contribution in [-0.2, 0) is 6.54 Å². The van der Waals surface area contributed by atoms with Crippen molar-refractivity contribution < 1.29 is 4.57 Å². The van der Waals surface area contributed by atoms with Gasteiger partial charge in [0.15, 0.2) is 0 Å². The number of para-hydroxylation sites is 1. The Balaban J connectivity index is 2.03. The molecular formula is C21H25N2+. The van der Waals surface area contributed by atoms with Crippen LogP contribution in [0.3, 0.4) is 0 Å². The van der Waals surface area contributed by atoms with Crippen molar-refractivity contribution in [3.8, 4) is 5.69 Å². The van der Waals surface area contributed by atoms with E-state index in [0.717, 1.165) is 6.54 Å². The minimum atomic E-state index is 0.921. The van der Waals surface area contributed by atoms with Gasteiger partial charge in [-0.2, -0.15) is 4.57 Å². The number of hydrogen-bond acceptors (Lipinski definition) is 0. The molecule has 3 rings (SSSR count). The summed E-state index contributed by atoms with van der Waals surface area (Å²) in [6, 6.07) is 15.1. The summed E-state index contributed by atoms with van der Waals surface area (Å²) in [7, 11) is 0. The van der Waals surface area contributed by atoms with Gasteiger partial charge in [-0.05, 0) is 49.6 Å². The number of aromatic nitrogens is 2. The number of nitrogens with zero attached hydrogens (tertiary/aromatic N) is 2. The van der Waals surface area contributed by atoms with Crippen LogP contribution in [0, 0.1) is 34.6 Å². The van der Waals surface area contributed by atoms with Crippen molar-refractivity contribution in [1.82, 2.24) is 4.57 Å². The quantitative estimate of drug-likeness (QED) is 0.636. The monoisotopic (exact) mass is 305 g/mol. The Morgan fingerprint density at radius 3 is 2.09 bits per heavy atom. The molecule has 0 unspecified atom stereocenters. The van der Waals surface area contributed by atoms with Crippen LogP contribution < -0.4 is 4.57 Å². The predicted octanol–water partition coefficient (Wildman–Crippen LogP) is 4.36. The Morgan fingerprint density at radius 2 is 1.48 bits per heavy atom. The van der Waals surface area contributed by atoms with Crippen LogP contribution in [-0.4, -0.2) is 4.57 Å². The summed E-state index contributed by atoms with van der Waals surface area (Å²) in [6.07, 6.45) is 2.22. The minimum absolute atomic E-state index is 0.921. The third-order valence-corrected chi connectivity index (χ3v) is 4.77. The first kappa shape index (κ1) is 15.5. The number of hydrogen-bond donors (Lipinski definition) is 0. The standard InChI is InChI=1S/C21H25N2/c1-15-11-16(2)21(17(3)12-15)13-22-14-23(19(5)18(22)4)20-9-7-6-8-10-20/h6-12,14H,13H2,1-5H3/q+1. The molecular weight excluding hydrogens is 280 g/mol. The van der Waals surface area contributed by atoms with E-state index in [-0.39, 0.29) is 0 Å². The molecule has 3 aromatic rings. The average Bonchev–Trinajstić information content (AvgIpc) is 2.80. The summed E-state index contributed by atoms with van der Waals surface area (Å²) in [5, 5.41) is 0. The zero-order chi connectivity index (χ0) is 16.6. The summed E-state index contributed by atoms with van der Waals surface area (Å²) in [5.41, 5.74) is 9.33. The summed E-state index contributed by atoms with van der Waals surface area (Å²) < 4.78 is 4.63. The van der Waals surface area contributed by atoms with E-state index < -0.39 is 0 Å². The van der Waals surface area contributed by atoms with Crippen molar-refractivity contribution in [1.29, 1.82) is 0 Å². The highest BCUT2D eigenvalue weighted by Crippen LogP contribution is 2.18. The lowest BCUT2D eigenvalue weighted by molar-refractivity contribution is -0.693. The smallest absolute Gasteiger partial charge is 0.229 e. The van der Waals surface area contributed by atoms with Gasteiger partial charge >= 0.3 is 0 Å². The van der Waals surface area contributed by atoms with Crippen molar-refractivity contribution in [3.05, 3.63) is 82.4 Å². The van der Waals surface area contributed by atoms with E-state index in [1.165, 1.54) is 39.3 Å². The predicted molar refractivity (Wildman–Crippen MR) is 95.2 cm³/mol. The van der Waals surface area contributed by atoms with Gasteiger partial charge in [0, 0.05) is 13.8 Å². The first-order chi connectivity index (χ1) is 11.0. The van der Waals surface area contributed by atoms with Crippen LogP contribution in [0.15, 0.2) is 48.8 Å². The summed E-state index contributed by atoms with van der Waals surface area (Å²) in [6.45, 7) is 11.9. The molecule has 1 heterocycles. The molecule has 2 aromatic carbocycles. The maximum absolute atomic E-state index is 2.35. The molecule has 0 bridgehead atoms. The molecule has 0 amide bonds. The fourth-order valence-electron chi connectivity index (χ4n) is 3.33. The summed E-state index contributed by atoms with van der Waals surface area (Å²) in [4.78, 5) is 0. The summed E-state index contributed by atoms with van der Waals surface area (Å²) >= 11 is 0. The van der Waals surface area contributed by atoms with Crippen LogP contribution >= 0.6 is 0 Å². The molecule has 0 spiro atoms. The van der Waals surface area contributed by atoms with Gasteiger partial charge < -0.3 is 0 Å². The Bertz CT molecular complexity index is 819. The second kappa shape index (κ2) is 6.04. The van der Waals surface area contributed by atoms with Gasteiger partial charge in [-0.1, -0.05) is 35.9 Å². The Kier molecular flexibility index (Phi) is 4.08. The number of benzene rings is 2. The van der Waals surface area contributed by atoms with Gasteiger partial charge in [-0.25, -0.2) is 4.57 Å². The van der Waals surface area contributed by atoms with Gasteiger partial charge in [-0.3, -0.25) is 0 Å². The number of rotatable bonds is 3. The Morgan fingerprint density at radius 1 is 0.870 bits per heavy atom. The second-order valence-electron chi connectivity index (χ2n) is 6.50. The normalized spacial score (nSPS) is 11.0. The molecule has 1 aromatic heterocycles. The van der Waals surface area contributed by atoms with Crippen molar-refractivity contribution >= 4 is 0 Å². The van der Waals surface area contributed by atoms with Crippen LogP contribution in [0.25, 0.3) is 5.69 Å². The molecule has 2 heteroatoms. The fraction of sp³-hybridized carbons (Fsp3) is 0.286. The third-order valence-electron chi connectivity index (χ3n) is 4.77. The molecule has 118 valence electrons. The van der Waals surface area contributed by atoms with Gasteiger partial charge in [0.2, 0.25) is 6.33 Å². The topological polar surface area (TPSA) is 8.81 Å². The molecule has 0 saturated heterocycles. The first-order valence-electron chi connectivity index (χ1n) is 8.17. The molecule has 2 nitrogen and oxygen atoms in total. The second-order valence-corrected chi connectivity index (χ2v) is 6.50. The highest BCUT2D eigenvalue weighted by Gasteiger charge is 2.19. The molecule has 0 saturated carbocycles. The summed E-state index contributed by atoms with van der Waals surface area (Å²) in [5.74, 6) is 0. The van der Waals surface area contributed by atoms with Crippen molar-refractivity contribution in [3.63, 3.8) is 0 Å². The van der Waals surface area contributed by atoms with Gasteiger partial charge in [0.1, 0.15) is 23.6 Å². The zero-order valence-electron chi connectivity index (χ0n) is 14.7. The fourth-order valence-corrected chi connectivity index (χ4v) is 3.33. The van der Waals surface area contributed by atoms with Crippen molar-refractivity contribution in [2.24, 2.45) is 0 Å². The molecule has 23 heavy (non-hydrogen) atoms. The van der Waals surface area contributed by atoms with Crippen LogP contribution in [0.2, 0.25) is 0 Å². The minimum Gasteiger partial charge on any atom is -0.229 e. The maximum atomic E-state index is 2.35. The highest BCUT2D eigenvalue weighted by atomic mass is 15.1. The average molecular weight is 305 g/mol. The molecule has 0 N–H and O–H groups in total. The van der Waals surface area contributed by atoms with Gasteiger partial charge in [0.25, 0.3) is 0 Å². The third kappa shape index (κ3) is 2.94. The largest absolute Gasteiger partial charge is 0.249 e. The van der Waals surface area contributed by atoms with Crippen LogP contribution in [0.4, 0.5) is 0 Å². The SMILES string of the molecule is Cc1cc(C)c(C[n+]2cn(-c3ccccc3)c(C)c2C)c(C)c1. The first-order valence-corrected chi connectivity index (χ1v) is 8.17. The van der Waals surface area contributed by atoms with E-state index in [1.807, 2.05) is 0 Å². The Hall–Kier alpha value is -2.35. The Labute approximate surface area is 139 Å². The van der Waals surface area contributed by atoms with Crippen LogP contribution in [0.1, 0.15) is 33.6 Å². The lowest BCUT2D eigenvalue weighted by Crippen LogP contribution is -2.36. The van der Waals surface area contributed by atoms with E-state index in [2.05, 4.69) is 92.5 Å². The van der Waals surface area contributed by atoms with E-state index in [4.69, 9.17) is 0 Å². The lowest BCUT2D eigenvalue weighted by Gasteiger charge is -2.10. The molecule has 0 atom stereocenters. The molecule has 0 fully saturated rings.